The lowest BCUT2D eigenvalue weighted by Gasteiger charge is -2.53. The number of carboxylic acid groups (broad SMARTS) is 1. The molecule has 3 aliphatic rings. The summed E-state index contributed by atoms with van der Waals surface area (Å²) in [7, 11) is 0. The Hall–Kier alpha value is -1.55. The van der Waals surface area contributed by atoms with Crippen molar-refractivity contribution in [3.63, 3.8) is 0 Å². The van der Waals surface area contributed by atoms with Crippen molar-refractivity contribution in [2.75, 3.05) is 13.1 Å². The smallest absolute Gasteiger partial charge is 0.303 e. The average Bonchev–Trinajstić information content (AvgIpc) is 3.22. The summed E-state index contributed by atoms with van der Waals surface area (Å²) in [5, 5.41) is 12.5. The Kier molecular flexibility index (Phi) is 3.37. The van der Waals surface area contributed by atoms with Crippen molar-refractivity contribution in [2.24, 2.45) is 11.3 Å². The number of carboxylic acids is 1. The van der Waals surface area contributed by atoms with Crippen LogP contribution in [0, 0.1) is 11.3 Å². The number of ether oxygens (including phenoxy) is 1. The maximum absolute atomic E-state index is 11.1. The predicted octanol–water partition coefficient (Wildman–Crippen LogP) is 2.79. The van der Waals surface area contributed by atoms with E-state index in [-0.39, 0.29) is 12.3 Å². The van der Waals surface area contributed by atoms with Gasteiger partial charge in [-0.2, -0.15) is 0 Å². The van der Waals surface area contributed by atoms with Gasteiger partial charge in [-0.25, -0.2) is 0 Å². The van der Waals surface area contributed by atoms with Crippen molar-refractivity contribution < 1.29 is 14.6 Å². The highest BCUT2D eigenvalue weighted by Gasteiger charge is 2.49. The van der Waals surface area contributed by atoms with Crippen LogP contribution in [0.5, 0.6) is 5.75 Å². The van der Waals surface area contributed by atoms with E-state index in [4.69, 9.17) is 9.84 Å². The molecule has 22 heavy (non-hydrogen) atoms. The second-order valence-corrected chi connectivity index (χ2v) is 7.37. The first-order valence-corrected chi connectivity index (χ1v) is 8.33. The number of nitrogens with one attached hydrogen (secondary N) is 1. The van der Waals surface area contributed by atoms with Crippen LogP contribution in [-0.4, -0.2) is 30.3 Å². The van der Waals surface area contributed by atoms with Crippen LogP contribution in [0.4, 0.5) is 0 Å². The van der Waals surface area contributed by atoms with E-state index in [1.54, 1.807) is 0 Å². The number of hydrogen-bond donors (Lipinski definition) is 2. The van der Waals surface area contributed by atoms with E-state index in [0.717, 1.165) is 50.1 Å². The van der Waals surface area contributed by atoms with Crippen LogP contribution in [0.25, 0.3) is 0 Å². The summed E-state index contributed by atoms with van der Waals surface area (Å²) >= 11 is 0. The predicted molar refractivity (Wildman–Crippen MR) is 83.1 cm³/mol. The van der Waals surface area contributed by atoms with E-state index in [2.05, 4.69) is 17.4 Å². The number of rotatable bonds is 6. The molecule has 0 radical (unpaired) electrons. The molecule has 1 unspecified atom stereocenters. The zero-order valence-electron chi connectivity index (χ0n) is 12.8. The molecule has 1 aromatic carbocycles. The maximum Gasteiger partial charge on any atom is 0.303 e. The number of carbonyl (C=O) groups is 1. The lowest BCUT2D eigenvalue weighted by atomic mass is 9.63. The van der Waals surface area contributed by atoms with Crippen LogP contribution in [0.3, 0.4) is 0 Å². The summed E-state index contributed by atoms with van der Waals surface area (Å²) in [5.41, 5.74) is 1.64. The first-order chi connectivity index (χ1) is 10.6. The number of aliphatic carboxylic acids is 1. The van der Waals surface area contributed by atoms with Gasteiger partial charge in [0.1, 0.15) is 5.75 Å². The molecular formula is C18H23NO3. The fraction of sp³-hybridized carbons (Fsp3) is 0.611. The molecule has 2 N–H and O–H groups in total. The minimum absolute atomic E-state index is 0.143. The van der Waals surface area contributed by atoms with Gasteiger partial charge in [-0.05, 0) is 55.2 Å². The summed E-state index contributed by atoms with van der Waals surface area (Å²) < 4.78 is 6.10. The monoisotopic (exact) mass is 301 g/mol. The highest BCUT2D eigenvalue weighted by molar-refractivity contribution is 5.68. The van der Waals surface area contributed by atoms with Crippen molar-refractivity contribution in [2.45, 2.75) is 44.1 Å². The molecule has 4 nitrogen and oxygen atoms in total. The van der Waals surface area contributed by atoms with Crippen molar-refractivity contribution in [3.05, 3.63) is 29.8 Å². The van der Waals surface area contributed by atoms with Gasteiger partial charge in [0.15, 0.2) is 0 Å². The summed E-state index contributed by atoms with van der Waals surface area (Å²) in [4.78, 5) is 11.1. The minimum Gasteiger partial charge on any atom is -0.490 e. The number of benzene rings is 1. The molecule has 0 amide bonds. The molecule has 4 heteroatoms. The van der Waals surface area contributed by atoms with Crippen molar-refractivity contribution in [3.8, 4) is 5.75 Å². The quantitative estimate of drug-likeness (QED) is 0.848. The van der Waals surface area contributed by atoms with Gasteiger partial charge in [-0.15, -0.1) is 0 Å². The highest BCUT2D eigenvalue weighted by atomic mass is 16.5. The summed E-state index contributed by atoms with van der Waals surface area (Å²) in [6.07, 6.45) is 5.15. The van der Waals surface area contributed by atoms with Crippen molar-refractivity contribution in [1.29, 1.82) is 0 Å². The Morgan fingerprint density at radius 3 is 2.73 bits per heavy atom. The largest absolute Gasteiger partial charge is 0.490 e. The van der Waals surface area contributed by atoms with Crippen molar-refractivity contribution in [1.82, 2.24) is 5.32 Å². The first kappa shape index (κ1) is 14.1. The molecule has 1 atom stereocenters. The molecular weight excluding hydrogens is 278 g/mol. The Labute approximate surface area is 130 Å². The van der Waals surface area contributed by atoms with Gasteiger partial charge < -0.3 is 15.2 Å². The maximum atomic E-state index is 11.1. The molecule has 1 aromatic rings. The summed E-state index contributed by atoms with van der Waals surface area (Å²) in [5.74, 6) is 0.881. The summed E-state index contributed by atoms with van der Waals surface area (Å²) in [6.45, 7) is 2.27. The van der Waals surface area contributed by atoms with Gasteiger partial charge in [0.05, 0.1) is 12.5 Å². The van der Waals surface area contributed by atoms with Gasteiger partial charge in [-0.3, -0.25) is 4.79 Å². The van der Waals surface area contributed by atoms with Gasteiger partial charge in [0.2, 0.25) is 0 Å². The molecule has 0 bridgehead atoms. The standard InChI is InChI=1S/C18H23NO3/c20-17(21)7-16(12-4-5-12)13-2-1-3-14(6-13)22-15-8-18(9-15)10-19-11-18/h1-3,6,12,15-16,19H,4-5,7-11H2,(H,20,21). The molecule has 3 fully saturated rings. The zero-order valence-corrected chi connectivity index (χ0v) is 12.8. The summed E-state index contributed by atoms with van der Waals surface area (Å²) in [6, 6.07) is 8.12. The van der Waals surface area contributed by atoms with Gasteiger partial charge in [0.25, 0.3) is 0 Å². The van der Waals surface area contributed by atoms with Gasteiger partial charge in [0, 0.05) is 18.5 Å². The van der Waals surface area contributed by atoms with E-state index in [0.29, 0.717) is 17.4 Å². The van der Waals surface area contributed by atoms with Gasteiger partial charge >= 0.3 is 5.97 Å². The minimum atomic E-state index is -0.707. The average molecular weight is 301 g/mol. The Morgan fingerprint density at radius 1 is 1.36 bits per heavy atom. The van der Waals surface area contributed by atoms with Crippen LogP contribution in [0.1, 0.15) is 43.6 Å². The first-order valence-electron chi connectivity index (χ1n) is 8.33. The molecule has 4 rings (SSSR count). The lowest BCUT2D eigenvalue weighted by Crippen LogP contribution is -2.62. The van der Waals surface area contributed by atoms with E-state index >= 15 is 0 Å². The number of hydrogen-bond acceptors (Lipinski definition) is 3. The van der Waals surface area contributed by atoms with E-state index in [1.807, 2.05) is 12.1 Å². The molecule has 2 saturated carbocycles. The van der Waals surface area contributed by atoms with E-state index in [1.165, 1.54) is 0 Å². The van der Waals surface area contributed by atoms with Crippen LogP contribution < -0.4 is 10.1 Å². The Balaban J connectivity index is 1.42. The third kappa shape index (κ3) is 2.72. The molecule has 2 aliphatic carbocycles. The van der Waals surface area contributed by atoms with Crippen molar-refractivity contribution >= 4 is 5.97 Å². The second kappa shape index (κ2) is 5.27. The SMILES string of the molecule is O=C(O)CC(c1cccc(OC2CC3(CNC3)C2)c1)C1CC1. The fourth-order valence-electron chi connectivity index (χ4n) is 4.01. The molecule has 1 spiro atoms. The zero-order chi connectivity index (χ0) is 15.2. The molecule has 1 aliphatic heterocycles. The normalized spacial score (nSPS) is 24.4. The fourth-order valence-corrected chi connectivity index (χ4v) is 4.01. The van der Waals surface area contributed by atoms with Gasteiger partial charge in [-0.1, -0.05) is 12.1 Å². The van der Waals surface area contributed by atoms with E-state index < -0.39 is 5.97 Å². The third-order valence-corrected chi connectivity index (χ3v) is 5.50. The van der Waals surface area contributed by atoms with Crippen LogP contribution in [-0.2, 0) is 4.79 Å². The Bertz CT molecular complexity index is 569. The molecule has 0 aromatic heterocycles. The van der Waals surface area contributed by atoms with Crippen LogP contribution in [0.2, 0.25) is 0 Å². The molecule has 1 heterocycles. The van der Waals surface area contributed by atoms with Crippen LogP contribution >= 0.6 is 0 Å². The Morgan fingerprint density at radius 2 is 2.14 bits per heavy atom. The molecule has 118 valence electrons. The van der Waals surface area contributed by atoms with E-state index in [9.17, 15) is 4.79 Å². The second-order valence-electron chi connectivity index (χ2n) is 7.37. The molecule has 1 saturated heterocycles. The topological polar surface area (TPSA) is 58.6 Å². The third-order valence-electron chi connectivity index (χ3n) is 5.50. The lowest BCUT2D eigenvalue weighted by molar-refractivity contribution is -0.137. The van der Waals surface area contributed by atoms with Crippen LogP contribution in [0.15, 0.2) is 24.3 Å². The highest BCUT2D eigenvalue weighted by Crippen LogP contribution is 2.47.